The maximum Gasteiger partial charge on any atom is 0.00420 e. The fourth-order valence-electron chi connectivity index (χ4n) is 2.99. The summed E-state index contributed by atoms with van der Waals surface area (Å²) in [6.07, 6.45) is 5.13. The van der Waals surface area contributed by atoms with Crippen molar-refractivity contribution in [2.24, 2.45) is 5.92 Å². The SMILES string of the molecule is Cc1cccc(CCC(C)NCC2CCN(C)CC2)c1. The van der Waals surface area contributed by atoms with E-state index in [4.69, 9.17) is 0 Å². The van der Waals surface area contributed by atoms with Crippen LogP contribution >= 0.6 is 0 Å². The zero-order valence-electron chi connectivity index (χ0n) is 13.4. The lowest BCUT2D eigenvalue weighted by Gasteiger charge is -2.30. The van der Waals surface area contributed by atoms with E-state index < -0.39 is 0 Å². The maximum atomic E-state index is 3.73. The third-order valence-electron chi connectivity index (χ3n) is 4.54. The third-order valence-corrected chi connectivity index (χ3v) is 4.54. The lowest BCUT2D eigenvalue weighted by atomic mass is 9.96. The van der Waals surface area contributed by atoms with Crippen LogP contribution < -0.4 is 5.32 Å². The average molecular weight is 274 g/mol. The van der Waals surface area contributed by atoms with Crippen LogP contribution in [0.5, 0.6) is 0 Å². The van der Waals surface area contributed by atoms with Gasteiger partial charge in [-0.1, -0.05) is 29.8 Å². The largest absolute Gasteiger partial charge is 0.314 e. The summed E-state index contributed by atoms with van der Waals surface area (Å²) in [5, 5.41) is 3.73. The molecule has 0 aromatic heterocycles. The van der Waals surface area contributed by atoms with Gasteiger partial charge < -0.3 is 10.2 Å². The van der Waals surface area contributed by atoms with Crippen LogP contribution in [0.15, 0.2) is 24.3 Å². The monoisotopic (exact) mass is 274 g/mol. The van der Waals surface area contributed by atoms with Gasteiger partial charge in [0.25, 0.3) is 0 Å². The Bertz CT molecular complexity index is 394. The van der Waals surface area contributed by atoms with Crippen LogP contribution in [0, 0.1) is 12.8 Å². The van der Waals surface area contributed by atoms with Gasteiger partial charge in [-0.2, -0.15) is 0 Å². The van der Waals surface area contributed by atoms with Gasteiger partial charge in [-0.15, -0.1) is 0 Å². The molecule has 1 fully saturated rings. The zero-order valence-corrected chi connectivity index (χ0v) is 13.4. The summed E-state index contributed by atoms with van der Waals surface area (Å²) in [6.45, 7) is 8.23. The standard InChI is InChI=1S/C18H30N2/c1-15-5-4-6-17(13-15)8-7-16(2)19-14-18-9-11-20(3)12-10-18/h4-6,13,16,18-19H,7-12,14H2,1-3H3. The summed E-state index contributed by atoms with van der Waals surface area (Å²) < 4.78 is 0. The van der Waals surface area contributed by atoms with Gasteiger partial charge in [0, 0.05) is 6.04 Å². The van der Waals surface area contributed by atoms with E-state index in [0.717, 1.165) is 5.92 Å². The molecule has 1 aromatic rings. The van der Waals surface area contributed by atoms with Crippen molar-refractivity contribution in [1.29, 1.82) is 0 Å². The van der Waals surface area contributed by atoms with Gasteiger partial charge in [0.05, 0.1) is 0 Å². The summed E-state index contributed by atoms with van der Waals surface area (Å²) in [6, 6.07) is 9.52. The smallest absolute Gasteiger partial charge is 0.00420 e. The number of rotatable bonds is 6. The molecule has 1 aliphatic heterocycles. The van der Waals surface area contributed by atoms with Crippen LogP contribution in [0.25, 0.3) is 0 Å². The van der Waals surface area contributed by atoms with Crippen molar-refractivity contribution < 1.29 is 0 Å². The highest BCUT2D eigenvalue weighted by Crippen LogP contribution is 2.15. The van der Waals surface area contributed by atoms with E-state index >= 15 is 0 Å². The number of nitrogens with zero attached hydrogens (tertiary/aromatic N) is 1. The Morgan fingerprint density at radius 3 is 2.75 bits per heavy atom. The van der Waals surface area contributed by atoms with E-state index in [9.17, 15) is 0 Å². The number of likely N-dealkylation sites (tertiary alicyclic amines) is 1. The fraction of sp³-hybridized carbons (Fsp3) is 0.667. The van der Waals surface area contributed by atoms with Crippen LogP contribution in [0.3, 0.4) is 0 Å². The first-order valence-corrected chi connectivity index (χ1v) is 8.11. The first-order valence-electron chi connectivity index (χ1n) is 8.11. The third kappa shape index (κ3) is 5.26. The minimum Gasteiger partial charge on any atom is -0.314 e. The molecule has 0 saturated carbocycles. The van der Waals surface area contributed by atoms with Crippen LogP contribution in [-0.4, -0.2) is 37.6 Å². The van der Waals surface area contributed by atoms with Crippen molar-refractivity contribution in [1.82, 2.24) is 10.2 Å². The topological polar surface area (TPSA) is 15.3 Å². The molecule has 0 spiro atoms. The molecule has 2 rings (SSSR count). The van der Waals surface area contributed by atoms with Crippen molar-refractivity contribution in [3.63, 3.8) is 0 Å². The van der Waals surface area contributed by atoms with Crippen LogP contribution in [0.2, 0.25) is 0 Å². The quantitative estimate of drug-likeness (QED) is 0.856. The molecule has 0 radical (unpaired) electrons. The van der Waals surface area contributed by atoms with Gasteiger partial charge in [-0.25, -0.2) is 0 Å². The van der Waals surface area contributed by atoms with E-state index in [1.807, 2.05) is 0 Å². The number of benzene rings is 1. The molecule has 112 valence electrons. The van der Waals surface area contributed by atoms with Gasteiger partial charge in [0.15, 0.2) is 0 Å². The number of aryl methyl sites for hydroxylation is 2. The average Bonchev–Trinajstić information content (AvgIpc) is 2.45. The van der Waals surface area contributed by atoms with Crippen LogP contribution in [0.1, 0.15) is 37.3 Å². The highest BCUT2D eigenvalue weighted by Gasteiger charge is 2.16. The molecule has 1 atom stereocenters. The molecule has 0 bridgehead atoms. The fourth-order valence-corrected chi connectivity index (χ4v) is 2.99. The summed E-state index contributed by atoms with van der Waals surface area (Å²) in [4.78, 5) is 2.44. The molecule has 20 heavy (non-hydrogen) atoms. The molecular formula is C18H30N2. The molecule has 2 nitrogen and oxygen atoms in total. The minimum atomic E-state index is 0.621. The van der Waals surface area contributed by atoms with Crippen molar-refractivity contribution in [2.45, 2.75) is 45.6 Å². The van der Waals surface area contributed by atoms with E-state index in [0.29, 0.717) is 6.04 Å². The Morgan fingerprint density at radius 2 is 2.05 bits per heavy atom. The van der Waals surface area contributed by atoms with E-state index in [1.165, 1.54) is 56.4 Å². The summed E-state index contributed by atoms with van der Waals surface area (Å²) in [5.41, 5.74) is 2.84. The molecule has 1 unspecified atom stereocenters. The molecule has 1 N–H and O–H groups in total. The molecule has 1 saturated heterocycles. The second-order valence-electron chi connectivity index (χ2n) is 6.58. The summed E-state index contributed by atoms with van der Waals surface area (Å²) >= 11 is 0. The predicted molar refractivity (Wildman–Crippen MR) is 87.2 cm³/mol. The lowest BCUT2D eigenvalue weighted by molar-refractivity contribution is 0.212. The molecule has 1 aromatic carbocycles. The summed E-state index contributed by atoms with van der Waals surface area (Å²) in [5.74, 6) is 0.882. The number of hydrogen-bond donors (Lipinski definition) is 1. The Hall–Kier alpha value is -0.860. The number of hydrogen-bond acceptors (Lipinski definition) is 2. The molecule has 1 aliphatic rings. The van der Waals surface area contributed by atoms with Gasteiger partial charge in [0.1, 0.15) is 0 Å². The Balaban J connectivity index is 1.64. The molecule has 2 heteroatoms. The second kappa shape index (κ2) is 7.80. The predicted octanol–water partition coefficient (Wildman–Crippen LogP) is 3.25. The van der Waals surface area contributed by atoms with Gasteiger partial charge >= 0.3 is 0 Å². The van der Waals surface area contributed by atoms with E-state index in [1.54, 1.807) is 0 Å². The Labute approximate surface area is 124 Å². The second-order valence-corrected chi connectivity index (χ2v) is 6.58. The number of piperidine rings is 1. The van der Waals surface area contributed by atoms with Gasteiger partial charge in [0.2, 0.25) is 0 Å². The van der Waals surface area contributed by atoms with Gasteiger partial charge in [-0.05, 0) is 77.7 Å². The van der Waals surface area contributed by atoms with Crippen LogP contribution in [0.4, 0.5) is 0 Å². The minimum absolute atomic E-state index is 0.621. The van der Waals surface area contributed by atoms with Crippen molar-refractivity contribution in [2.75, 3.05) is 26.7 Å². The maximum absolute atomic E-state index is 3.73. The highest BCUT2D eigenvalue weighted by molar-refractivity contribution is 5.22. The zero-order chi connectivity index (χ0) is 14.4. The number of nitrogens with one attached hydrogen (secondary N) is 1. The molecular weight excluding hydrogens is 244 g/mol. The lowest BCUT2D eigenvalue weighted by Crippen LogP contribution is -2.37. The highest BCUT2D eigenvalue weighted by atomic mass is 15.1. The molecule has 1 heterocycles. The van der Waals surface area contributed by atoms with Crippen molar-refractivity contribution in [3.8, 4) is 0 Å². The Kier molecular flexibility index (Phi) is 6.06. The van der Waals surface area contributed by atoms with Gasteiger partial charge in [-0.3, -0.25) is 0 Å². The van der Waals surface area contributed by atoms with E-state index in [-0.39, 0.29) is 0 Å². The molecule has 0 aliphatic carbocycles. The van der Waals surface area contributed by atoms with Crippen molar-refractivity contribution >= 4 is 0 Å². The summed E-state index contributed by atoms with van der Waals surface area (Å²) in [7, 11) is 2.23. The van der Waals surface area contributed by atoms with Crippen molar-refractivity contribution in [3.05, 3.63) is 35.4 Å². The molecule has 0 amide bonds. The normalized spacial score (nSPS) is 19.1. The van der Waals surface area contributed by atoms with Crippen LogP contribution in [-0.2, 0) is 6.42 Å². The first kappa shape index (κ1) is 15.5. The first-order chi connectivity index (χ1) is 9.63. The van der Waals surface area contributed by atoms with E-state index in [2.05, 4.69) is 55.4 Å². The Morgan fingerprint density at radius 1 is 1.30 bits per heavy atom.